The van der Waals surface area contributed by atoms with Crippen molar-refractivity contribution in [2.24, 2.45) is 0 Å². The van der Waals surface area contributed by atoms with Crippen LogP contribution in [0.3, 0.4) is 0 Å². The number of carbonyl (C=O) groups excluding carboxylic acids is 1. The molecule has 1 heterocycles. The molecular formula is C18H15F3N4O3. The van der Waals surface area contributed by atoms with Crippen LogP contribution in [0, 0.1) is 10.1 Å². The number of nitrogens with zero attached hydrogens (tertiary/aromatic N) is 3. The van der Waals surface area contributed by atoms with E-state index in [1.807, 2.05) is 0 Å². The smallest absolute Gasteiger partial charge is 0.348 e. The molecule has 28 heavy (non-hydrogen) atoms. The van der Waals surface area contributed by atoms with Gasteiger partial charge in [0, 0.05) is 6.07 Å². The molecule has 1 aromatic heterocycles. The minimum Gasteiger partial charge on any atom is -0.348 e. The van der Waals surface area contributed by atoms with Gasteiger partial charge in [-0.2, -0.15) is 13.2 Å². The van der Waals surface area contributed by atoms with E-state index in [2.05, 4.69) is 10.3 Å². The van der Waals surface area contributed by atoms with Gasteiger partial charge in [0.15, 0.2) is 0 Å². The summed E-state index contributed by atoms with van der Waals surface area (Å²) in [6.45, 7) is 1.42. The molecule has 3 rings (SSSR count). The van der Waals surface area contributed by atoms with Gasteiger partial charge < -0.3 is 9.88 Å². The molecule has 3 aromatic rings. The fraction of sp³-hybridized carbons (Fsp3) is 0.222. The highest BCUT2D eigenvalue weighted by Crippen LogP contribution is 2.30. The Morgan fingerprint density at radius 2 is 1.93 bits per heavy atom. The summed E-state index contributed by atoms with van der Waals surface area (Å²) in [5, 5.41) is 13.9. The van der Waals surface area contributed by atoms with Gasteiger partial charge in [0.05, 0.1) is 28.4 Å². The summed E-state index contributed by atoms with van der Waals surface area (Å²) in [6, 6.07) is 8.38. The molecular weight excluding hydrogens is 377 g/mol. The average molecular weight is 392 g/mol. The number of imidazole rings is 1. The lowest BCUT2D eigenvalue weighted by molar-refractivity contribution is -0.383. The van der Waals surface area contributed by atoms with E-state index in [0.717, 1.165) is 12.1 Å². The number of nitro benzene ring substituents is 1. The van der Waals surface area contributed by atoms with E-state index in [1.165, 1.54) is 35.2 Å². The standard InChI is InChI=1S/C18H15F3N4O3/c1-11(12-5-7-13(8-6-12)18(19,20)21)23-16(26)9-24-10-22-14-3-2-4-15(17(14)24)25(27)28/h2-8,10-11H,9H2,1H3,(H,23,26). The van der Waals surface area contributed by atoms with Gasteiger partial charge in [0.1, 0.15) is 12.1 Å². The van der Waals surface area contributed by atoms with Crippen LogP contribution in [-0.2, 0) is 17.5 Å². The second-order valence-electron chi connectivity index (χ2n) is 6.18. The van der Waals surface area contributed by atoms with Gasteiger partial charge in [-0.15, -0.1) is 0 Å². The van der Waals surface area contributed by atoms with Crippen LogP contribution in [0.5, 0.6) is 0 Å². The third kappa shape index (κ3) is 3.95. The summed E-state index contributed by atoms with van der Waals surface area (Å²) in [4.78, 5) is 27.0. The predicted octanol–water partition coefficient (Wildman–Crippen LogP) is 3.84. The number of rotatable bonds is 5. The van der Waals surface area contributed by atoms with Gasteiger partial charge in [0.25, 0.3) is 5.69 Å². The Balaban J connectivity index is 1.74. The number of carbonyl (C=O) groups is 1. The van der Waals surface area contributed by atoms with Crippen LogP contribution < -0.4 is 5.32 Å². The molecule has 0 radical (unpaired) electrons. The Morgan fingerprint density at radius 3 is 2.54 bits per heavy atom. The highest BCUT2D eigenvalue weighted by atomic mass is 19.4. The fourth-order valence-corrected chi connectivity index (χ4v) is 2.86. The van der Waals surface area contributed by atoms with E-state index in [-0.39, 0.29) is 17.7 Å². The number of alkyl halides is 3. The summed E-state index contributed by atoms with van der Waals surface area (Å²) in [5.74, 6) is -0.454. The number of hydrogen-bond acceptors (Lipinski definition) is 4. The van der Waals surface area contributed by atoms with E-state index in [4.69, 9.17) is 0 Å². The molecule has 0 bridgehead atoms. The Kier molecular flexibility index (Phi) is 5.04. The van der Waals surface area contributed by atoms with Crippen molar-refractivity contribution in [2.45, 2.75) is 25.7 Å². The molecule has 1 atom stereocenters. The second-order valence-corrected chi connectivity index (χ2v) is 6.18. The molecule has 0 fully saturated rings. The Hall–Kier alpha value is -3.43. The topological polar surface area (TPSA) is 90.1 Å². The molecule has 0 saturated heterocycles. The molecule has 7 nitrogen and oxygen atoms in total. The van der Waals surface area contributed by atoms with Crippen molar-refractivity contribution < 1.29 is 22.9 Å². The van der Waals surface area contributed by atoms with Crippen LogP contribution in [0.25, 0.3) is 11.0 Å². The van der Waals surface area contributed by atoms with Gasteiger partial charge in [-0.05, 0) is 30.7 Å². The average Bonchev–Trinajstić information content (AvgIpc) is 3.03. The number of hydrogen-bond donors (Lipinski definition) is 1. The molecule has 0 spiro atoms. The quantitative estimate of drug-likeness (QED) is 0.528. The summed E-state index contributed by atoms with van der Waals surface area (Å²) in [5.41, 5.74) is 0.177. The zero-order valence-corrected chi connectivity index (χ0v) is 14.6. The monoisotopic (exact) mass is 392 g/mol. The van der Waals surface area contributed by atoms with Crippen molar-refractivity contribution in [3.05, 3.63) is 70.0 Å². The maximum atomic E-state index is 12.6. The van der Waals surface area contributed by atoms with Gasteiger partial charge in [0.2, 0.25) is 5.91 Å². The number of benzene rings is 2. The van der Waals surface area contributed by atoms with Crippen molar-refractivity contribution >= 4 is 22.6 Å². The third-order valence-corrected chi connectivity index (χ3v) is 4.24. The van der Waals surface area contributed by atoms with E-state index < -0.39 is 28.6 Å². The molecule has 2 aromatic carbocycles. The molecule has 10 heteroatoms. The molecule has 146 valence electrons. The zero-order chi connectivity index (χ0) is 20.5. The predicted molar refractivity (Wildman–Crippen MR) is 94.4 cm³/mol. The summed E-state index contributed by atoms with van der Waals surface area (Å²) < 4.78 is 39.3. The van der Waals surface area contributed by atoms with Crippen molar-refractivity contribution in [2.75, 3.05) is 0 Å². The molecule has 0 aliphatic heterocycles. The van der Waals surface area contributed by atoms with Crippen LogP contribution in [0.2, 0.25) is 0 Å². The minimum absolute atomic E-state index is 0.168. The van der Waals surface area contributed by atoms with Crippen molar-refractivity contribution in [1.29, 1.82) is 0 Å². The first-order valence-corrected chi connectivity index (χ1v) is 8.21. The summed E-state index contributed by atoms with van der Waals surface area (Å²) >= 11 is 0. The normalized spacial score (nSPS) is 12.7. The Morgan fingerprint density at radius 1 is 1.25 bits per heavy atom. The van der Waals surface area contributed by atoms with E-state index in [1.54, 1.807) is 13.0 Å². The number of nitrogens with one attached hydrogen (secondary N) is 1. The number of fused-ring (bicyclic) bond motifs is 1. The van der Waals surface area contributed by atoms with Gasteiger partial charge in [-0.3, -0.25) is 14.9 Å². The first-order chi connectivity index (χ1) is 13.2. The van der Waals surface area contributed by atoms with Crippen molar-refractivity contribution in [3.63, 3.8) is 0 Å². The van der Waals surface area contributed by atoms with Crippen molar-refractivity contribution in [1.82, 2.24) is 14.9 Å². The number of nitro groups is 1. The molecule has 1 amide bonds. The van der Waals surface area contributed by atoms with Crippen LogP contribution in [0.4, 0.5) is 18.9 Å². The lowest BCUT2D eigenvalue weighted by Crippen LogP contribution is -2.30. The Labute approximate surface area is 156 Å². The lowest BCUT2D eigenvalue weighted by atomic mass is 10.1. The van der Waals surface area contributed by atoms with Crippen LogP contribution in [0.1, 0.15) is 24.1 Å². The number of amides is 1. The minimum atomic E-state index is -4.43. The highest BCUT2D eigenvalue weighted by Gasteiger charge is 2.30. The largest absolute Gasteiger partial charge is 0.416 e. The Bertz CT molecular complexity index is 1030. The van der Waals surface area contributed by atoms with Crippen LogP contribution in [0.15, 0.2) is 48.8 Å². The number of aromatic nitrogens is 2. The zero-order valence-electron chi connectivity index (χ0n) is 14.6. The maximum Gasteiger partial charge on any atom is 0.416 e. The second kappa shape index (κ2) is 7.29. The van der Waals surface area contributed by atoms with E-state index in [0.29, 0.717) is 11.1 Å². The molecule has 0 aliphatic carbocycles. The number of halogens is 3. The molecule has 1 N–H and O–H groups in total. The summed E-state index contributed by atoms with van der Waals surface area (Å²) in [6.07, 6.45) is -3.09. The van der Waals surface area contributed by atoms with E-state index >= 15 is 0 Å². The first kappa shape index (κ1) is 19.3. The summed E-state index contributed by atoms with van der Waals surface area (Å²) in [7, 11) is 0. The highest BCUT2D eigenvalue weighted by molar-refractivity contribution is 5.87. The number of para-hydroxylation sites is 1. The molecule has 0 aliphatic rings. The van der Waals surface area contributed by atoms with Crippen LogP contribution in [-0.4, -0.2) is 20.4 Å². The first-order valence-electron chi connectivity index (χ1n) is 8.21. The fourth-order valence-electron chi connectivity index (χ4n) is 2.86. The SMILES string of the molecule is CC(NC(=O)Cn1cnc2cccc([N+](=O)[O-])c21)c1ccc(C(F)(F)F)cc1. The third-order valence-electron chi connectivity index (χ3n) is 4.24. The van der Waals surface area contributed by atoms with E-state index in [9.17, 15) is 28.1 Å². The maximum absolute atomic E-state index is 12.6. The lowest BCUT2D eigenvalue weighted by Gasteiger charge is -2.16. The molecule has 1 unspecified atom stereocenters. The number of non-ortho nitro benzene ring substituents is 1. The van der Waals surface area contributed by atoms with Crippen molar-refractivity contribution in [3.8, 4) is 0 Å². The van der Waals surface area contributed by atoms with Gasteiger partial charge in [-0.25, -0.2) is 4.98 Å². The van der Waals surface area contributed by atoms with Gasteiger partial charge in [-0.1, -0.05) is 18.2 Å². The van der Waals surface area contributed by atoms with Crippen LogP contribution >= 0.6 is 0 Å². The molecule has 0 saturated carbocycles. The van der Waals surface area contributed by atoms with Gasteiger partial charge >= 0.3 is 6.18 Å².